The molecule has 0 aromatic carbocycles. The van der Waals surface area contributed by atoms with E-state index in [0.717, 1.165) is 38.4 Å². The van der Waals surface area contributed by atoms with Crippen LogP contribution in [0.25, 0.3) is 0 Å². The predicted octanol–water partition coefficient (Wildman–Crippen LogP) is 1.04. The van der Waals surface area contributed by atoms with E-state index in [9.17, 15) is 8.42 Å². The molecule has 122 valence electrons. The van der Waals surface area contributed by atoms with Crippen LogP contribution < -0.4 is 5.32 Å². The minimum absolute atomic E-state index is 0.341. The minimum Gasteiger partial charge on any atom is -0.356 e. The first kappa shape index (κ1) is 15.8. The van der Waals surface area contributed by atoms with Crippen LogP contribution in [0, 0.1) is 5.92 Å². The molecule has 2 aliphatic heterocycles. The van der Waals surface area contributed by atoms with Crippen LogP contribution in [0.1, 0.15) is 12.8 Å². The number of nitrogens with zero attached hydrogens (tertiary/aromatic N) is 3. The van der Waals surface area contributed by atoms with Crippen molar-refractivity contribution in [2.24, 2.45) is 10.9 Å². The fourth-order valence-corrected chi connectivity index (χ4v) is 5.54. The summed E-state index contributed by atoms with van der Waals surface area (Å²) in [6, 6.07) is 3.46. The molecule has 3 rings (SSSR count). The highest BCUT2D eigenvalue weighted by molar-refractivity contribution is 7.91. The van der Waals surface area contributed by atoms with Crippen LogP contribution in [0.3, 0.4) is 0 Å². The lowest BCUT2D eigenvalue weighted by Crippen LogP contribution is -2.44. The summed E-state index contributed by atoms with van der Waals surface area (Å²) in [5, 5.41) is 5.18. The Morgan fingerprint density at radius 1 is 1.45 bits per heavy atom. The van der Waals surface area contributed by atoms with Crippen molar-refractivity contribution in [1.29, 1.82) is 0 Å². The number of aliphatic imine (C=N–C) groups is 1. The van der Waals surface area contributed by atoms with Gasteiger partial charge in [-0.15, -0.1) is 11.3 Å². The molecular weight excluding hydrogens is 320 g/mol. The van der Waals surface area contributed by atoms with E-state index in [0.29, 0.717) is 23.2 Å². The summed E-state index contributed by atoms with van der Waals surface area (Å²) in [7, 11) is -1.26. The molecule has 1 atom stereocenters. The maximum Gasteiger partial charge on any atom is 0.252 e. The number of guanidine groups is 1. The monoisotopic (exact) mass is 342 g/mol. The summed E-state index contributed by atoms with van der Waals surface area (Å²) >= 11 is 1.28. The second-order valence-corrected chi connectivity index (χ2v) is 8.92. The van der Waals surface area contributed by atoms with Crippen LogP contribution in [0.2, 0.25) is 0 Å². The lowest BCUT2D eigenvalue weighted by Gasteiger charge is -2.26. The molecule has 8 heteroatoms. The Labute approximate surface area is 135 Å². The van der Waals surface area contributed by atoms with Gasteiger partial charge in [-0.1, -0.05) is 6.07 Å². The molecule has 22 heavy (non-hydrogen) atoms. The van der Waals surface area contributed by atoms with Crippen LogP contribution >= 0.6 is 11.3 Å². The first-order valence-electron chi connectivity index (χ1n) is 7.60. The number of hydrogen-bond acceptors (Lipinski definition) is 6. The molecule has 3 heterocycles. The topological polar surface area (TPSA) is 65.0 Å². The van der Waals surface area contributed by atoms with Crippen molar-refractivity contribution >= 4 is 27.3 Å². The molecular formula is C14H22N4O2S2. The SMILES string of the molecule is CN1CCCN=C1NCC1CCN(S(=O)(=O)c2cccs2)C1. The molecule has 1 aromatic heterocycles. The van der Waals surface area contributed by atoms with E-state index < -0.39 is 10.0 Å². The van der Waals surface area contributed by atoms with Crippen molar-refractivity contribution in [3.63, 3.8) is 0 Å². The van der Waals surface area contributed by atoms with Crippen molar-refractivity contribution in [2.45, 2.75) is 17.1 Å². The van der Waals surface area contributed by atoms with Gasteiger partial charge in [0.15, 0.2) is 5.96 Å². The van der Waals surface area contributed by atoms with E-state index in [1.807, 2.05) is 7.05 Å². The lowest BCUT2D eigenvalue weighted by atomic mass is 10.1. The second kappa shape index (κ2) is 6.55. The molecule has 1 unspecified atom stereocenters. The van der Waals surface area contributed by atoms with Gasteiger partial charge in [0.25, 0.3) is 10.0 Å². The summed E-state index contributed by atoms with van der Waals surface area (Å²) in [5.74, 6) is 1.28. The molecule has 1 saturated heterocycles. The van der Waals surface area contributed by atoms with Crippen LogP contribution in [0.5, 0.6) is 0 Å². The van der Waals surface area contributed by atoms with Crippen LogP contribution in [0.15, 0.2) is 26.7 Å². The number of rotatable bonds is 4. The largest absolute Gasteiger partial charge is 0.356 e. The van der Waals surface area contributed by atoms with E-state index >= 15 is 0 Å². The molecule has 6 nitrogen and oxygen atoms in total. The van der Waals surface area contributed by atoms with Gasteiger partial charge in [0.2, 0.25) is 0 Å². The van der Waals surface area contributed by atoms with E-state index in [1.54, 1.807) is 21.8 Å². The van der Waals surface area contributed by atoms with Crippen molar-refractivity contribution < 1.29 is 8.42 Å². The Balaban J connectivity index is 1.55. The lowest BCUT2D eigenvalue weighted by molar-refractivity contribution is 0.427. The molecule has 0 amide bonds. The van der Waals surface area contributed by atoms with E-state index in [-0.39, 0.29) is 0 Å². The fraction of sp³-hybridized carbons (Fsp3) is 0.643. The van der Waals surface area contributed by atoms with Crippen molar-refractivity contribution in [1.82, 2.24) is 14.5 Å². The Kier molecular flexibility index (Phi) is 4.70. The quantitative estimate of drug-likeness (QED) is 0.888. The summed E-state index contributed by atoms with van der Waals surface area (Å²) in [6.07, 6.45) is 1.99. The molecule has 1 N–H and O–H groups in total. The summed E-state index contributed by atoms with van der Waals surface area (Å²) in [5.41, 5.74) is 0. The average Bonchev–Trinajstić information content (AvgIpc) is 3.18. The Bertz CT molecular complexity index is 627. The summed E-state index contributed by atoms with van der Waals surface area (Å²) < 4.78 is 27.0. The van der Waals surface area contributed by atoms with E-state index in [4.69, 9.17) is 0 Å². The highest BCUT2D eigenvalue weighted by Crippen LogP contribution is 2.26. The Morgan fingerprint density at radius 3 is 3.05 bits per heavy atom. The smallest absolute Gasteiger partial charge is 0.252 e. The van der Waals surface area contributed by atoms with Gasteiger partial charge in [0.1, 0.15) is 4.21 Å². The van der Waals surface area contributed by atoms with Crippen LogP contribution in [0.4, 0.5) is 0 Å². The summed E-state index contributed by atoms with van der Waals surface area (Å²) in [4.78, 5) is 6.60. The molecule has 2 aliphatic rings. The van der Waals surface area contributed by atoms with Crippen molar-refractivity contribution in [3.05, 3.63) is 17.5 Å². The number of sulfonamides is 1. The number of nitrogens with one attached hydrogen (secondary N) is 1. The average molecular weight is 342 g/mol. The van der Waals surface area contributed by atoms with Gasteiger partial charge >= 0.3 is 0 Å². The van der Waals surface area contributed by atoms with Gasteiger partial charge in [-0.3, -0.25) is 4.99 Å². The van der Waals surface area contributed by atoms with Gasteiger partial charge in [-0.25, -0.2) is 8.42 Å². The molecule has 0 bridgehead atoms. The highest BCUT2D eigenvalue weighted by atomic mass is 32.2. The van der Waals surface area contributed by atoms with Gasteiger partial charge in [-0.05, 0) is 30.2 Å². The zero-order valence-electron chi connectivity index (χ0n) is 12.7. The molecule has 1 fully saturated rings. The minimum atomic E-state index is -3.30. The third-order valence-electron chi connectivity index (χ3n) is 4.16. The molecule has 1 aromatic rings. The zero-order valence-corrected chi connectivity index (χ0v) is 14.4. The first-order valence-corrected chi connectivity index (χ1v) is 9.92. The van der Waals surface area contributed by atoms with Gasteiger partial charge in [-0.2, -0.15) is 4.31 Å². The van der Waals surface area contributed by atoms with E-state index in [2.05, 4.69) is 15.2 Å². The van der Waals surface area contributed by atoms with Gasteiger partial charge < -0.3 is 10.2 Å². The third-order valence-corrected chi connectivity index (χ3v) is 7.40. The molecule has 0 radical (unpaired) electrons. The van der Waals surface area contributed by atoms with Gasteiger partial charge in [0, 0.05) is 39.8 Å². The third kappa shape index (κ3) is 3.28. The van der Waals surface area contributed by atoms with E-state index in [1.165, 1.54) is 11.3 Å². The van der Waals surface area contributed by atoms with Crippen LogP contribution in [-0.4, -0.2) is 63.4 Å². The standard InChI is InChI=1S/C14H22N4O2S2/c1-17-7-3-6-15-14(17)16-10-12-5-8-18(11-12)22(19,20)13-4-2-9-21-13/h2,4,9,12H,3,5-8,10-11H2,1H3,(H,15,16). The maximum atomic E-state index is 12.5. The van der Waals surface area contributed by atoms with Crippen molar-refractivity contribution in [3.8, 4) is 0 Å². The predicted molar refractivity (Wildman–Crippen MR) is 88.7 cm³/mol. The zero-order chi connectivity index (χ0) is 15.6. The number of hydrogen-bond donors (Lipinski definition) is 1. The second-order valence-electron chi connectivity index (χ2n) is 5.81. The molecule has 0 saturated carbocycles. The Hall–Kier alpha value is -1.12. The molecule has 0 spiro atoms. The van der Waals surface area contributed by atoms with Gasteiger partial charge in [0.05, 0.1) is 0 Å². The van der Waals surface area contributed by atoms with Crippen LogP contribution in [-0.2, 0) is 10.0 Å². The number of thiophene rings is 1. The molecule has 0 aliphatic carbocycles. The Morgan fingerprint density at radius 2 is 2.32 bits per heavy atom. The normalized spacial score (nSPS) is 23.6. The highest BCUT2D eigenvalue weighted by Gasteiger charge is 2.33. The van der Waals surface area contributed by atoms with Crippen molar-refractivity contribution in [2.75, 3.05) is 39.8 Å². The summed E-state index contributed by atoms with van der Waals surface area (Å²) in [6.45, 7) is 3.87. The maximum absolute atomic E-state index is 12.5. The fourth-order valence-electron chi connectivity index (χ4n) is 2.87. The first-order chi connectivity index (χ1) is 10.6.